The third kappa shape index (κ3) is 6.66. The van der Waals surface area contributed by atoms with Crippen LogP contribution in [0.15, 0.2) is 41.3 Å². The number of halogens is 4. The third-order valence-electron chi connectivity index (χ3n) is 6.44. The lowest BCUT2D eigenvalue weighted by Gasteiger charge is -2.35. The summed E-state index contributed by atoms with van der Waals surface area (Å²) in [4.78, 5) is 13.9. The largest absolute Gasteiger partial charge is 0.493 e. The van der Waals surface area contributed by atoms with Crippen LogP contribution in [0.4, 0.5) is 18.0 Å². The van der Waals surface area contributed by atoms with E-state index in [2.05, 4.69) is 0 Å². The molecule has 7 nitrogen and oxygen atoms in total. The van der Waals surface area contributed by atoms with E-state index in [9.17, 15) is 26.4 Å². The number of piperidine rings is 1. The molecule has 1 atom stereocenters. The number of ether oxygens (including phenoxy) is 3. The fourth-order valence-corrected chi connectivity index (χ4v) is 5.38. The standard InChI is InChI=1S/C26H29ClF3NO6S/c1-25(2,3)37-24(32)31-11-8-16(9-12-31)20-14-17(26(28,29)30)4-7-21(20)36-22-10-13-35-23-15-18(38(27,33)34)5-6-19(22)23/h4-7,14-16,22H,8-13H2,1-3H3. The zero-order valence-corrected chi connectivity index (χ0v) is 22.8. The van der Waals surface area contributed by atoms with Gasteiger partial charge >= 0.3 is 12.3 Å². The van der Waals surface area contributed by atoms with E-state index in [0.717, 1.165) is 12.1 Å². The molecule has 2 aliphatic rings. The van der Waals surface area contributed by atoms with Gasteiger partial charge < -0.3 is 19.1 Å². The smallest absolute Gasteiger partial charge is 0.416 e. The highest BCUT2D eigenvalue weighted by atomic mass is 35.7. The first-order chi connectivity index (χ1) is 17.6. The maximum atomic E-state index is 13.6. The number of carbonyl (C=O) groups excluding carboxylic acids is 1. The van der Waals surface area contributed by atoms with Crippen LogP contribution in [-0.2, 0) is 20.0 Å². The van der Waals surface area contributed by atoms with Gasteiger partial charge in [0.2, 0.25) is 0 Å². The van der Waals surface area contributed by atoms with Gasteiger partial charge in [0.05, 0.1) is 17.1 Å². The molecule has 0 saturated carbocycles. The van der Waals surface area contributed by atoms with Crippen molar-refractivity contribution in [3.05, 3.63) is 53.1 Å². The Kier molecular flexibility index (Phi) is 7.82. The lowest BCUT2D eigenvalue weighted by molar-refractivity contribution is -0.137. The Morgan fingerprint density at radius 3 is 2.32 bits per heavy atom. The van der Waals surface area contributed by atoms with E-state index in [0.29, 0.717) is 55.0 Å². The number of likely N-dealkylation sites (tertiary alicyclic amines) is 1. The van der Waals surface area contributed by atoms with Crippen molar-refractivity contribution in [3.8, 4) is 11.5 Å². The molecule has 208 valence electrons. The first kappa shape index (κ1) is 28.4. The van der Waals surface area contributed by atoms with Gasteiger partial charge in [-0.1, -0.05) is 6.07 Å². The second-order valence-corrected chi connectivity index (χ2v) is 12.9. The van der Waals surface area contributed by atoms with Crippen LogP contribution in [-0.4, -0.2) is 44.7 Å². The van der Waals surface area contributed by atoms with Crippen molar-refractivity contribution in [2.75, 3.05) is 19.7 Å². The fraction of sp³-hybridized carbons (Fsp3) is 0.500. The number of benzene rings is 2. The van der Waals surface area contributed by atoms with Crippen LogP contribution in [0.5, 0.6) is 11.5 Å². The van der Waals surface area contributed by atoms with E-state index in [1.807, 2.05) is 0 Å². The molecular formula is C26H29ClF3NO6S. The molecule has 2 heterocycles. The normalized spacial score (nSPS) is 18.9. The van der Waals surface area contributed by atoms with E-state index < -0.39 is 38.6 Å². The highest BCUT2D eigenvalue weighted by Gasteiger charge is 2.35. The van der Waals surface area contributed by atoms with Gasteiger partial charge in [-0.25, -0.2) is 13.2 Å². The topological polar surface area (TPSA) is 82.1 Å². The number of amides is 1. The summed E-state index contributed by atoms with van der Waals surface area (Å²) in [6, 6.07) is 7.62. The average Bonchev–Trinajstić information content (AvgIpc) is 2.82. The van der Waals surface area contributed by atoms with Gasteiger partial charge in [0.15, 0.2) is 0 Å². The summed E-state index contributed by atoms with van der Waals surface area (Å²) in [5, 5.41) is 0. The Bertz CT molecular complexity index is 1300. The van der Waals surface area contributed by atoms with Crippen LogP contribution in [0, 0.1) is 0 Å². The number of carbonyl (C=O) groups is 1. The second kappa shape index (κ2) is 10.5. The third-order valence-corrected chi connectivity index (χ3v) is 7.80. The lowest BCUT2D eigenvalue weighted by atomic mass is 9.87. The van der Waals surface area contributed by atoms with E-state index in [1.54, 1.807) is 25.7 Å². The molecule has 2 aromatic rings. The molecule has 4 rings (SSSR count). The Morgan fingerprint density at radius 1 is 1.03 bits per heavy atom. The van der Waals surface area contributed by atoms with Gasteiger partial charge in [-0.3, -0.25) is 0 Å². The highest BCUT2D eigenvalue weighted by Crippen LogP contribution is 2.43. The summed E-state index contributed by atoms with van der Waals surface area (Å²) in [5.41, 5.74) is -0.439. The van der Waals surface area contributed by atoms with Gasteiger partial charge in [-0.2, -0.15) is 13.2 Å². The van der Waals surface area contributed by atoms with Crippen LogP contribution in [0.25, 0.3) is 0 Å². The van der Waals surface area contributed by atoms with Gasteiger partial charge in [-0.15, -0.1) is 0 Å². The van der Waals surface area contributed by atoms with E-state index in [4.69, 9.17) is 24.9 Å². The first-order valence-corrected chi connectivity index (χ1v) is 14.5. The summed E-state index contributed by atoms with van der Waals surface area (Å²) in [6.45, 7) is 6.22. The number of hydrogen-bond acceptors (Lipinski definition) is 6. The summed E-state index contributed by atoms with van der Waals surface area (Å²) >= 11 is 0. The molecule has 0 aromatic heterocycles. The Balaban J connectivity index is 1.59. The zero-order chi connectivity index (χ0) is 27.9. The number of nitrogens with zero attached hydrogens (tertiary/aromatic N) is 1. The molecule has 12 heteroatoms. The SMILES string of the molecule is CC(C)(C)OC(=O)N1CCC(c2cc(C(F)(F)F)ccc2OC2CCOc3cc(S(=O)(=O)Cl)ccc32)CC1. The Labute approximate surface area is 224 Å². The minimum atomic E-state index is -4.53. The predicted molar refractivity (Wildman–Crippen MR) is 134 cm³/mol. The molecule has 0 N–H and O–H groups in total. The van der Waals surface area contributed by atoms with Crippen molar-refractivity contribution in [2.45, 2.75) is 68.7 Å². The molecule has 1 amide bonds. The zero-order valence-electron chi connectivity index (χ0n) is 21.2. The van der Waals surface area contributed by atoms with Gasteiger partial charge in [0.25, 0.3) is 9.05 Å². The molecule has 0 spiro atoms. The predicted octanol–water partition coefficient (Wildman–Crippen LogP) is 6.65. The van der Waals surface area contributed by atoms with Crippen molar-refractivity contribution in [2.24, 2.45) is 0 Å². The van der Waals surface area contributed by atoms with Crippen molar-refractivity contribution in [1.29, 1.82) is 0 Å². The van der Waals surface area contributed by atoms with Crippen LogP contribution < -0.4 is 9.47 Å². The molecule has 1 fully saturated rings. The van der Waals surface area contributed by atoms with Crippen LogP contribution in [0.1, 0.15) is 68.7 Å². The first-order valence-electron chi connectivity index (χ1n) is 12.2. The van der Waals surface area contributed by atoms with Gasteiger partial charge in [0, 0.05) is 41.8 Å². The van der Waals surface area contributed by atoms with Crippen LogP contribution >= 0.6 is 10.7 Å². The molecule has 38 heavy (non-hydrogen) atoms. The number of alkyl halides is 3. The summed E-state index contributed by atoms with van der Waals surface area (Å²) < 4.78 is 81.5. The molecule has 2 aromatic carbocycles. The van der Waals surface area contributed by atoms with Gasteiger partial charge in [-0.05, 0) is 69.4 Å². The molecule has 0 bridgehead atoms. The van der Waals surface area contributed by atoms with Crippen LogP contribution in [0.3, 0.4) is 0 Å². The maximum Gasteiger partial charge on any atom is 0.416 e. The van der Waals surface area contributed by atoms with Crippen molar-refractivity contribution < 1.29 is 40.6 Å². The fourth-order valence-electron chi connectivity index (χ4n) is 4.62. The van der Waals surface area contributed by atoms with E-state index in [-0.39, 0.29) is 17.4 Å². The minimum absolute atomic E-state index is 0.120. The van der Waals surface area contributed by atoms with Crippen molar-refractivity contribution in [3.63, 3.8) is 0 Å². The van der Waals surface area contributed by atoms with Gasteiger partial charge in [0.1, 0.15) is 23.2 Å². The number of fused-ring (bicyclic) bond motifs is 1. The van der Waals surface area contributed by atoms with Crippen molar-refractivity contribution >= 4 is 25.8 Å². The monoisotopic (exact) mass is 575 g/mol. The number of rotatable bonds is 4. The summed E-state index contributed by atoms with van der Waals surface area (Å²) in [5.74, 6) is 0.330. The highest BCUT2D eigenvalue weighted by molar-refractivity contribution is 8.13. The molecular weight excluding hydrogens is 547 g/mol. The van der Waals surface area contributed by atoms with Crippen molar-refractivity contribution in [1.82, 2.24) is 4.90 Å². The molecule has 1 unspecified atom stereocenters. The van der Waals surface area contributed by atoms with E-state index in [1.165, 1.54) is 24.3 Å². The van der Waals surface area contributed by atoms with E-state index >= 15 is 0 Å². The quantitative estimate of drug-likeness (QED) is 0.380. The lowest BCUT2D eigenvalue weighted by Crippen LogP contribution is -2.41. The van der Waals surface area contributed by atoms with Crippen LogP contribution in [0.2, 0.25) is 0 Å². The summed E-state index contributed by atoms with van der Waals surface area (Å²) in [7, 11) is 1.48. The molecule has 2 aliphatic heterocycles. The minimum Gasteiger partial charge on any atom is -0.493 e. The molecule has 1 saturated heterocycles. The maximum absolute atomic E-state index is 13.6. The average molecular weight is 576 g/mol. The molecule has 0 radical (unpaired) electrons. The Hall–Kier alpha value is -2.66. The number of hydrogen-bond donors (Lipinski definition) is 0. The molecule has 0 aliphatic carbocycles. The Morgan fingerprint density at radius 2 is 1.71 bits per heavy atom. The summed E-state index contributed by atoms with van der Waals surface area (Å²) in [6.07, 6.45) is -4.25. The second-order valence-electron chi connectivity index (χ2n) is 10.4.